The lowest BCUT2D eigenvalue weighted by Gasteiger charge is -2.30. The lowest BCUT2D eigenvalue weighted by atomic mass is 10.1. The number of halogens is 1. The number of nitrogens with zero attached hydrogens (tertiary/aromatic N) is 1. The van der Waals surface area contributed by atoms with Crippen molar-refractivity contribution in [1.29, 1.82) is 0 Å². The van der Waals surface area contributed by atoms with Gasteiger partial charge in [0, 0.05) is 28.2 Å². The third-order valence-electron chi connectivity index (χ3n) is 3.10. The normalized spacial score (nSPS) is 11.0. The molecule has 0 unspecified atom stereocenters. The van der Waals surface area contributed by atoms with Crippen LogP contribution < -0.4 is 10.6 Å². The molecule has 0 aliphatic carbocycles. The van der Waals surface area contributed by atoms with E-state index in [-0.39, 0.29) is 0 Å². The minimum absolute atomic E-state index is 0.411. The van der Waals surface area contributed by atoms with Crippen LogP contribution in [0.3, 0.4) is 0 Å². The van der Waals surface area contributed by atoms with Crippen molar-refractivity contribution in [3.05, 3.63) is 51.2 Å². The van der Waals surface area contributed by atoms with Crippen LogP contribution in [0.5, 0.6) is 0 Å². The molecule has 0 bridgehead atoms. The van der Waals surface area contributed by atoms with Crippen LogP contribution >= 0.6 is 22.9 Å². The molecule has 0 atom stereocenters. The summed E-state index contributed by atoms with van der Waals surface area (Å²) in [7, 11) is 0. The zero-order valence-electron chi connectivity index (χ0n) is 11.3. The van der Waals surface area contributed by atoms with E-state index in [1.165, 1.54) is 10.6 Å². The van der Waals surface area contributed by atoms with Gasteiger partial charge in [0.05, 0.1) is 6.54 Å². The monoisotopic (exact) mass is 294 g/mol. The average Bonchev–Trinajstić information content (AvgIpc) is 2.89. The Morgan fingerprint density at radius 2 is 2.11 bits per heavy atom. The first-order valence-electron chi connectivity index (χ1n) is 6.39. The Morgan fingerprint density at radius 3 is 2.68 bits per heavy atom. The molecular formula is C15H19ClN2S. The van der Waals surface area contributed by atoms with Crippen LogP contribution in [0.25, 0.3) is 0 Å². The second kappa shape index (κ2) is 6.42. The third kappa shape index (κ3) is 3.50. The minimum atomic E-state index is 0.411. The molecule has 102 valence electrons. The fraction of sp³-hybridized carbons (Fsp3) is 0.333. The van der Waals surface area contributed by atoms with E-state index < -0.39 is 0 Å². The first-order valence-corrected chi connectivity index (χ1v) is 7.65. The fourth-order valence-corrected chi connectivity index (χ4v) is 3.01. The van der Waals surface area contributed by atoms with Crippen molar-refractivity contribution in [1.82, 2.24) is 0 Å². The molecule has 2 N–H and O–H groups in total. The molecule has 0 aliphatic heterocycles. The van der Waals surface area contributed by atoms with Gasteiger partial charge in [0.2, 0.25) is 0 Å². The Labute approximate surface area is 123 Å². The topological polar surface area (TPSA) is 29.3 Å². The molecule has 2 nitrogen and oxygen atoms in total. The molecule has 4 heteroatoms. The largest absolute Gasteiger partial charge is 0.364 e. The zero-order valence-corrected chi connectivity index (χ0v) is 12.8. The van der Waals surface area contributed by atoms with Gasteiger partial charge < -0.3 is 10.6 Å². The van der Waals surface area contributed by atoms with Crippen molar-refractivity contribution in [3.63, 3.8) is 0 Å². The minimum Gasteiger partial charge on any atom is -0.364 e. The second-order valence-corrected chi connectivity index (χ2v) is 6.25. The molecule has 0 aliphatic rings. The molecular weight excluding hydrogens is 276 g/mol. The van der Waals surface area contributed by atoms with Crippen LogP contribution in [0.4, 0.5) is 5.69 Å². The van der Waals surface area contributed by atoms with Gasteiger partial charge >= 0.3 is 0 Å². The molecule has 19 heavy (non-hydrogen) atoms. The van der Waals surface area contributed by atoms with E-state index in [0.29, 0.717) is 12.6 Å². The molecule has 0 saturated carbocycles. The molecule has 2 rings (SSSR count). The molecule has 0 fully saturated rings. The highest BCUT2D eigenvalue weighted by molar-refractivity contribution is 7.09. The van der Waals surface area contributed by atoms with E-state index in [4.69, 9.17) is 17.3 Å². The third-order valence-corrected chi connectivity index (χ3v) is 4.20. The number of thiophene rings is 1. The number of rotatable bonds is 5. The Bertz CT molecular complexity index is 523. The summed E-state index contributed by atoms with van der Waals surface area (Å²) in [5, 5.41) is 2.85. The van der Waals surface area contributed by atoms with Gasteiger partial charge in [0.1, 0.15) is 0 Å². The molecule has 2 aromatic rings. The molecule has 0 spiro atoms. The fourth-order valence-electron chi connectivity index (χ4n) is 2.11. The maximum absolute atomic E-state index is 6.05. The van der Waals surface area contributed by atoms with Gasteiger partial charge in [-0.2, -0.15) is 0 Å². The van der Waals surface area contributed by atoms with Crippen molar-refractivity contribution in [2.45, 2.75) is 33.0 Å². The second-order valence-electron chi connectivity index (χ2n) is 4.78. The maximum atomic E-state index is 6.05. The summed E-state index contributed by atoms with van der Waals surface area (Å²) >= 11 is 7.83. The van der Waals surface area contributed by atoms with Crippen molar-refractivity contribution < 1.29 is 0 Å². The summed E-state index contributed by atoms with van der Waals surface area (Å²) < 4.78 is 0. The van der Waals surface area contributed by atoms with Crippen molar-refractivity contribution >= 4 is 28.6 Å². The van der Waals surface area contributed by atoms with E-state index in [9.17, 15) is 0 Å². The maximum Gasteiger partial charge on any atom is 0.0525 e. The molecule has 0 saturated heterocycles. The summed E-state index contributed by atoms with van der Waals surface area (Å²) in [5.74, 6) is 0. The molecule has 0 amide bonds. The van der Waals surface area contributed by atoms with Crippen molar-refractivity contribution in [2.75, 3.05) is 4.90 Å². The van der Waals surface area contributed by atoms with Gasteiger partial charge in [-0.1, -0.05) is 17.7 Å². The summed E-state index contributed by atoms with van der Waals surface area (Å²) in [6.45, 7) is 5.80. The Kier molecular flexibility index (Phi) is 4.86. The lowest BCUT2D eigenvalue weighted by molar-refractivity contribution is 0.683. The van der Waals surface area contributed by atoms with Gasteiger partial charge in [-0.25, -0.2) is 0 Å². The molecule has 1 aromatic heterocycles. The number of hydrogen-bond acceptors (Lipinski definition) is 3. The predicted molar refractivity (Wildman–Crippen MR) is 85.0 cm³/mol. The molecule has 1 aromatic carbocycles. The van der Waals surface area contributed by atoms with Crippen LogP contribution in [0.15, 0.2) is 35.7 Å². The number of benzene rings is 1. The Hall–Kier alpha value is -1.03. The van der Waals surface area contributed by atoms with Gasteiger partial charge in [-0.15, -0.1) is 11.3 Å². The van der Waals surface area contributed by atoms with Crippen molar-refractivity contribution in [2.24, 2.45) is 5.73 Å². The predicted octanol–water partition coefficient (Wildman–Crippen LogP) is 4.28. The van der Waals surface area contributed by atoms with Gasteiger partial charge in [0.15, 0.2) is 0 Å². The van der Waals surface area contributed by atoms with Gasteiger partial charge in [0.25, 0.3) is 0 Å². The number of hydrogen-bond donors (Lipinski definition) is 1. The Balaban J connectivity index is 2.33. The van der Waals surface area contributed by atoms with Crippen LogP contribution in [0.1, 0.15) is 24.3 Å². The number of nitrogens with two attached hydrogens (primary N) is 1. The van der Waals surface area contributed by atoms with E-state index in [1.807, 2.05) is 12.1 Å². The highest BCUT2D eigenvalue weighted by atomic mass is 35.5. The molecule has 1 heterocycles. The number of anilines is 1. The van der Waals surface area contributed by atoms with Gasteiger partial charge in [-0.05, 0) is 49.1 Å². The Morgan fingerprint density at radius 1 is 1.32 bits per heavy atom. The lowest BCUT2D eigenvalue weighted by Crippen LogP contribution is -2.31. The molecule has 0 radical (unpaired) electrons. The van der Waals surface area contributed by atoms with Crippen LogP contribution in [0, 0.1) is 0 Å². The van der Waals surface area contributed by atoms with Gasteiger partial charge in [-0.3, -0.25) is 0 Å². The quantitative estimate of drug-likeness (QED) is 0.892. The van der Waals surface area contributed by atoms with E-state index in [2.05, 4.69) is 42.3 Å². The van der Waals surface area contributed by atoms with Crippen LogP contribution in [-0.2, 0) is 13.1 Å². The van der Waals surface area contributed by atoms with E-state index in [1.54, 1.807) is 11.3 Å². The average molecular weight is 295 g/mol. The SMILES string of the molecule is CC(C)N(Cc1cccs1)c1ccc(Cl)cc1CN. The highest BCUT2D eigenvalue weighted by Crippen LogP contribution is 2.28. The van der Waals surface area contributed by atoms with E-state index in [0.717, 1.165) is 17.1 Å². The van der Waals surface area contributed by atoms with Crippen molar-refractivity contribution in [3.8, 4) is 0 Å². The van der Waals surface area contributed by atoms with Crippen LogP contribution in [-0.4, -0.2) is 6.04 Å². The first-order chi connectivity index (χ1) is 9.11. The summed E-state index contributed by atoms with van der Waals surface area (Å²) in [6.07, 6.45) is 0. The standard InChI is InChI=1S/C15H19ClN2S/c1-11(2)18(10-14-4-3-7-19-14)15-6-5-13(16)8-12(15)9-17/h3-8,11H,9-10,17H2,1-2H3. The van der Waals surface area contributed by atoms with E-state index >= 15 is 0 Å². The van der Waals surface area contributed by atoms with Crippen LogP contribution in [0.2, 0.25) is 5.02 Å². The summed E-state index contributed by atoms with van der Waals surface area (Å²) in [5.41, 5.74) is 8.12. The first kappa shape index (κ1) is 14.4. The highest BCUT2D eigenvalue weighted by Gasteiger charge is 2.15. The smallest absolute Gasteiger partial charge is 0.0525 e. The summed E-state index contributed by atoms with van der Waals surface area (Å²) in [6, 6.07) is 10.6. The zero-order chi connectivity index (χ0) is 13.8. The summed E-state index contributed by atoms with van der Waals surface area (Å²) in [4.78, 5) is 3.72.